The number of carbonyl (C=O) groups is 1. The number of ether oxygens (including phenoxy) is 1. The van der Waals surface area contributed by atoms with Gasteiger partial charge in [-0.05, 0) is 42.8 Å². The molecule has 1 heterocycles. The molecule has 0 aliphatic heterocycles. The molecule has 1 atom stereocenters. The highest BCUT2D eigenvalue weighted by Crippen LogP contribution is 2.21. The van der Waals surface area contributed by atoms with Crippen LogP contribution in [0.5, 0.6) is 5.75 Å². The van der Waals surface area contributed by atoms with Crippen LogP contribution in [0, 0.1) is 5.82 Å². The molecule has 0 radical (unpaired) electrons. The third kappa shape index (κ3) is 4.08. The molecule has 0 saturated heterocycles. The number of rotatable bonds is 5. The molecule has 1 amide bonds. The van der Waals surface area contributed by atoms with Gasteiger partial charge in [-0.25, -0.2) is 9.18 Å². The average molecular weight is 355 g/mol. The van der Waals surface area contributed by atoms with Crippen molar-refractivity contribution in [2.24, 2.45) is 0 Å². The molecule has 26 heavy (non-hydrogen) atoms. The Labute approximate surface area is 149 Å². The summed E-state index contributed by atoms with van der Waals surface area (Å²) in [6.07, 6.45) is -0.749. The zero-order valence-corrected chi connectivity index (χ0v) is 14.4. The van der Waals surface area contributed by atoms with Crippen molar-refractivity contribution in [2.45, 2.75) is 19.6 Å². The molecule has 3 rings (SSSR count). The van der Waals surface area contributed by atoms with Crippen molar-refractivity contribution < 1.29 is 18.3 Å². The SMILES string of the molecule is C[C@@H](Oc1ccc2ccc(=O)oc2c1)C(=O)N(C)Cc1cccc(F)c1. The normalized spacial score (nSPS) is 12.0. The van der Waals surface area contributed by atoms with Gasteiger partial charge in [-0.3, -0.25) is 4.79 Å². The van der Waals surface area contributed by atoms with Crippen LogP contribution in [0.4, 0.5) is 4.39 Å². The Hall–Kier alpha value is -3.15. The van der Waals surface area contributed by atoms with Gasteiger partial charge < -0.3 is 14.1 Å². The first-order valence-corrected chi connectivity index (χ1v) is 8.12. The molecule has 1 aromatic heterocycles. The molecule has 6 heteroatoms. The van der Waals surface area contributed by atoms with E-state index in [0.717, 1.165) is 5.39 Å². The molecule has 0 spiro atoms. The Morgan fingerprint density at radius 3 is 2.73 bits per heavy atom. The summed E-state index contributed by atoms with van der Waals surface area (Å²) < 4.78 is 24.1. The van der Waals surface area contributed by atoms with Crippen LogP contribution >= 0.6 is 0 Å². The zero-order valence-electron chi connectivity index (χ0n) is 14.4. The largest absolute Gasteiger partial charge is 0.481 e. The lowest BCUT2D eigenvalue weighted by atomic mass is 10.2. The first kappa shape index (κ1) is 17.7. The van der Waals surface area contributed by atoms with Crippen molar-refractivity contribution in [1.29, 1.82) is 0 Å². The minimum atomic E-state index is -0.749. The third-order valence-corrected chi connectivity index (χ3v) is 3.94. The maximum Gasteiger partial charge on any atom is 0.336 e. The molecular formula is C20H18FNO4. The Morgan fingerprint density at radius 1 is 1.19 bits per heavy atom. The maximum atomic E-state index is 13.3. The minimum Gasteiger partial charge on any atom is -0.481 e. The molecular weight excluding hydrogens is 337 g/mol. The molecule has 0 N–H and O–H groups in total. The Bertz CT molecular complexity index is 998. The monoisotopic (exact) mass is 355 g/mol. The molecule has 3 aromatic rings. The van der Waals surface area contributed by atoms with E-state index in [1.165, 1.54) is 23.1 Å². The fourth-order valence-electron chi connectivity index (χ4n) is 2.67. The first-order valence-electron chi connectivity index (χ1n) is 8.12. The van der Waals surface area contributed by atoms with E-state index < -0.39 is 11.7 Å². The quantitative estimate of drug-likeness (QED) is 0.659. The van der Waals surface area contributed by atoms with Gasteiger partial charge in [0.15, 0.2) is 6.10 Å². The molecule has 0 fully saturated rings. The van der Waals surface area contributed by atoms with E-state index in [4.69, 9.17) is 9.15 Å². The number of halogens is 1. The number of benzene rings is 2. The van der Waals surface area contributed by atoms with Gasteiger partial charge >= 0.3 is 5.63 Å². The molecule has 2 aromatic carbocycles. The second kappa shape index (κ2) is 7.39. The van der Waals surface area contributed by atoms with Crippen molar-refractivity contribution >= 4 is 16.9 Å². The number of nitrogens with zero attached hydrogens (tertiary/aromatic N) is 1. The summed E-state index contributed by atoms with van der Waals surface area (Å²) in [5, 5.41) is 0.763. The highest BCUT2D eigenvalue weighted by atomic mass is 19.1. The molecule has 0 aliphatic rings. The minimum absolute atomic E-state index is 0.246. The van der Waals surface area contributed by atoms with Crippen LogP contribution in [0.1, 0.15) is 12.5 Å². The lowest BCUT2D eigenvalue weighted by Crippen LogP contribution is -2.37. The van der Waals surface area contributed by atoms with E-state index in [1.54, 1.807) is 50.4 Å². The predicted octanol–water partition coefficient (Wildman–Crippen LogP) is 3.36. The predicted molar refractivity (Wildman–Crippen MR) is 95.4 cm³/mol. The van der Waals surface area contributed by atoms with Crippen molar-refractivity contribution in [3.8, 4) is 5.75 Å². The number of fused-ring (bicyclic) bond motifs is 1. The highest BCUT2D eigenvalue weighted by Gasteiger charge is 2.19. The van der Waals surface area contributed by atoms with E-state index in [-0.39, 0.29) is 18.3 Å². The first-order chi connectivity index (χ1) is 12.4. The number of hydrogen-bond acceptors (Lipinski definition) is 4. The number of carbonyl (C=O) groups excluding carboxylic acids is 1. The van der Waals surface area contributed by atoms with Gasteiger partial charge in [0, 0.05) is 31.1 Å². The summed E-state index contributed by atoms with van der Waals surface area (Å²) >= 11 is 0. The molecule has 0 unspecified atom stereocenters. The summed E-state index contributed by atoms with van der Waals surface area (Å²) in [7, 11) is 1.63. The second-order valence-electron chi connectivity index (χ2n) is 6.04. The number of likely N-dealkylation sites (N-methyl/N-ethyl adjacent to an activating group) is 1. The smallest absolute Gasteiger partial charge is 0.336 e. The molecule has 5 nitrogen and oxygen atoms in total. The number of amides is 1. The van der Waals surface area contributed by atoms with Gasteiger partial charge in [-0.2, -0.15) is 0 Å². The van der Waals surface area contributed by atoms with Crippen molar-refractivity contribution in [1.82, 2.24) is 4.90 Å². The maximum absolute atomic E-state index is 13.3. The Morgan fingerprint density at radius 2 is 1.96 bits per heavy atom. The number of hydrogen-bond donors (Lipinski definition) is 0. The Kier molecular flexibility index (Phi) is 5.02. The van der Waals surface area contributed by atoms with Crippen LogP contribution in [0.3, 0.4) is 0 Å². The molecule has 0 aliphatic carbocycles. The van der Waals surface area contributed by atoms with Crippen molar-refractivity contribution in [3.63, 3.8) is 0 Å². The average Bonchev–Trinajstić information content (AvgIpc) is 2.60. The van der Waals surface area contributed by atoms with Crippen LogP contribution in [-0.4, -0.2) is 24.0 Å². The summed E-state index contributed by atoms with van der Waals surface area (Å²) in [4.78, 5) is 25.3. The van der Waals surface area contributed by atoms with E-state index in [2.05, 4.69) is 0 Å². The summed E-state index contributed by atoms with van der Waals surface area (Å²) in [5.41, 5.74) is 0.636. The van der Waals surface area contributed by atoms with E-state index in [1.807, 2.05) is 0 Å². The summed E-state index contributed by atoms with van der Waals surface area (Å²) in [6, 6.07) is 14.1. The van der Waals surface area contributed by atoms with Crippen LogP contribution in [-0.2, 0) is 11.3 Å². The standard InChI is InChI=1S/C20H18FNO4/c1-13(20(24)22(2)12-14-4-3-5-16(21)10-14)25-17-8-6-15-7-9-19(23)26-18(15)11-17/h3-11,13H,12H2,1-2H3/t13-/m1/s1. The van der Waals surface area contributed by atoms with E-state index in [0.29, 0.717) is 16.9 Å². The van der Waals surface area contributed by atoms with Gasteiger partial charge in [0.05, 0.1) is 0 Å². The fraction of sp³-hybridized carbons (Fsp3) is 0.200. The van der Waals surface area contributed by atoms with Crippen LogP contribution < -0.4 is 10.4 Å². The highest BCUT2D eigenvalue weighted by molar-refractivity contribution is 5.81. The zero-order chi connectivity index (χ0) is 18.7. The fourth-order valence-corrected chi connectivity index (χ4v) is 2.67. The van der Waals surface area contributed by atoms with Crippen LogP contribution in [0.2, 0.25) is 0 Å². The summed E-state index contributed by atoms with van der Waals surface area (Å²) in [6.45, 7) is 1.91. The van der Waals surface area contributed by atoms with E-state index in [9.17, 15) is 14.0 Å². The molecule has 0 bridgehead atoms. The van der Waals surface area contributed by atoms with Crippen molar-refractivity contribution in [2.75, 3.05) is 7.05 Å². The summed E-state index contributed by atoms with van der Waals surface area (Å²) in [5.74, 6) is -0.166. The lowest BCUT2D eigenvalue weighted by molar-refractivity contribution is -0.137. The second-order valence-corrected chi connectivity index (χ2v) is 6.04. The van der Waals surface area contributed by atoms with Crippen LogP contribution in [0.15, 0.2) is 63.8 Å². The molecule has 134 valence electrons. The van der Waals surface area contributed by atoms with Gasteiger partial charge in [0.2, 0.25) is 0 Å². The third-order valence-electron chi connectivity index (χ3n) is 3.94. The van der Waals surface area contributed by atoms with Gasteiger partial charge in [0.1, 0.15) is 17.1 Å². The molecule has 0 saturated carbocycles. The van der Waals surface area contributed by atoms with Crippen LogP contribution in [0.25, 0.3) is 11.0 Å². The van der Waals surface area contributed by atoms with Crippen molar-refractivity contribution in [3.05, 3.63) is 76.4 Å². The van der Waals surface area contributed by atoms with Gasteiger partial charge in [-0.15, -0.1) is 0 Å². The van der Waals surface area contributed by atoms with E-state index >= 15 is 0 Å². The Balaban J connectivity index is 1.69. The van der Waals surface area contributed by atoms with Gasteiger partial charge in [-0.1, -0.05) is 12.1 Å². The van der Waals surface area contributed by atoms with Gasteiger partial charge in [0.25, 0.3) is 5.91 Å². The topological polar surface area (TPSA) is 59.8 Å². The lowest BCUT2D eigenvalue weighted by Gasteiger charge is -2.22.